The van der Waals surface area contributed by atoms with Crippen molar-refractivity contribution in [2.75, 3.05) is 0 Å². The number of carbonyl (C=O) groups is 1. The fourth-order valence-electron chi connectivity index (χ4n) is 1.35. The van der Waals surface area contributed by atoms with E-state index < -0.39 is 0 Å². The average molecular weight is 210 g/mol. The summed E-state index contributed by atoms with van der Waals surface area (Å²) >= 11 is 0. The molecule has 78 valence electrons. The third-order valence-corrected chi connectivity index (χ3v) is 2.07. The van der Waals surface area contributed by atoms with Crippen LogP contribution in [0, 0.1) is 10.8 Å². The number of benzene rings is 2. The van der Waals surface area contributed by atoms with E-state index in [1.165, 1.54) is 0 Å². The minimum absolute atomic E-state index is 0.0752. The molecule has 0 heterocycles. The zero-order chi connectivity index (χ0) is 11.8. The maximum Gasteiger partial charge on any atom is 0.193 e. The lowest BCUT2D eigenvalue weighted by atomic mass is 10.0. The van der Waals surface area contributed by atoms with E-state index in [4.69, 9.17) is 10.8 Å². The van der Waals surface area contributed by atoms with Gasteiger partial charge in [-0.05, 0) is 0 Å². The Labute approximate surface area is 93.8 Å². The summed E-state index contributed by atoms with van der Waals surface area (Å²) in [5.74, 6) is 0.0752. The van der Waals surface area contributed by atoms with Crippen molar-refractivity contribution in [2.45, 2.75) is 0 Å². The third kappa shape index (κ3) is 2.76. The SMILES string of the molecule is N#N.O=C(c1ccccc1)c1ccccc1. The van der Waals surface area contributed by atoms with Crippen LogP contribution < -0.4 is 0 Å². The maximum atomic E-state index is 11.8. The van der Waals surface area contributed by atoms with Crippen LogP contribution in [0.5, 0.6) is 0 Å². The molecule has 0 atom stereocenters. The number of nitrogens with zero attached hydrogens (tertiary/aromatic N) is 2. The molecule has 2 aromatic rings. The van der Waals surface area contributed by atoms with Crippen molar-refractivity contribution in [2.24, 2.45) is 0 Å². The molecule has 0 aliphatic heterocycles. The maximum absolute atomic E-state index is 11.8. The third-order valence-electron chi connectivity index (χ3n) is 2.07. The van der Waals surface area contributed by atoms with Crippen LogP contribution in [0.1, 0.15) is 15.9 Å². The lowest BCUT2D eigenvalue weighted by molar-refractivity contribution is 0.103. The van der Waals surface area contributed by atoms with Crippen LogP contribution in [0.3, 0.4) is 0 Å². The molecule has 0 spiro atoms. The van der Waals surface area contributed by atoms with E-state index in [1.807, 2.05) is 60.7 Å². The Bertz CT molecular complexity index is 422. The van der Waals surface area contributed by atoms with Gasteiger partial charge >= 0.3 is 0 Å². The summed E-state index contributed by atoms with van der Waals surface area (Å²) in [6, 6.07) is 18.6. The van der Waals surface area contributed by atoms with Gasteiger partial charge in [0.05, 0.1) is 0 Å². The number of carbonyl (C=O) groups excluding carboxylic acids is 1. The molecule has 0 aliphatic carbocycles. The van der Waals surface area contributed by atoms with E-state index in [2.05, 4.69) is 0 Å². The fourth-order valence-corrected chi connectivity index (χ4v) is 1.35. The second-order valence-electron chi connectivity index (χ2n) is 3.06. The Morgan fingerprint density at radius 3 is 1.31 bits per heavy atom. The van der Waals surface area contributed by atoms with Crippen LogP contribution in [0.15, 0.2) is 60.7 Å². The van der Waals surface area contributed by atoms with Crippen molar-refractivity contribution in [1.29, 1.82) is 10.8 Å². The Morgan fingerprint density at radius 1 is 0.688 bits per heavy atom. The van der Waals surface area contributed by atoms with Gasteiger partial charge in [-0.1, -0.05) is 60.7 Å². The van der Waals surface area contributed by atoms with Gasteiger partial charge in [-0.3, -0.25) is 4.79 Å². The summed E-state index contributed by atoms with van der Waals surface area (Å²) in [6.07, 6.45) is 0. The number of hydrogen-bond donors (Lipinski definition) is 0. The molecule has 0 bridgehead atoms. The first-order valence-corrected chi connectivity index (χ1v) is 4.73. The number of hydrogen-bond acceptors (Lipinski definition) is 3. The first-order valence-electron chi connectivity index (χ1n) is 4.73. The summed E-state index contributed by atoms with van der Waals surface area (Å²) < 4.78 is 0. The molecule has 0 saturated carbocycles. The molecule has 2 rings (SSSR count). The lowest BCUT2D eigenvalue weighted by Crippen LogP contribution is -1.99. The summed E-state index contributed by atoms with van der Waals surface area (Å²) in [7, 11) is 0. The smallest absolute Gasteiger partial charge is 0.193 e. The van der Waals surface area contributed by atoms with E-state index in [1.54, 1.807) is 0 Å². The predicted molar refractivity (Wildman–Crippen MR) is 59.8 cm³/mol. The highest BCUT2D eigenvalue weighted by Gasteiger charge is 2.06. The first-order chi connectivity index (χ1) is 7.88. The van der Waals surface area contributed by atoms with Gasteiger partial charge in [0.1, 0.15) is 0 Å². The first kappa shape index (κ1) is 11.6. The molecule has 0 aromatic heterocycles. The van der Waals surface area contributed by atoms with Gasteiger partial charge in [0.25, 0.3) is 0 Å². The van der Waals surface area contributed by atoms with E-state index in [0.717, 1.165) is 11.1 Å². The molecule has 0 N–H and O–H groups in total. The van der Waals surface area contributed by atoms with Gasteiger partial charge in [-0.15, -0.1) is 0 Å². The van der Waals surface area contributed by atoms with Crippen molar-refractivity contribution >= 4 is 5.78 Å². The van der Waals surface area contributed by atoms with Crippen molar-refractivity contribution < 1.29 is 4.79 Å². The van der Waals surface area contributed by atoms with Crippen LogP contribution in [0.4, 0.5) is 0 Å². The normalized spacial score (nSPS) is 8.62. The molecular formula is C13H10N2O. The largest absolute Gasteiger partial charge is 0.289 e. The van der Waals surface area contributed by atoms with Crippen LogP contribution in [0.2, 0.25) is 0 Å². The summed E-state index contributed by atoms with van der Waals surface area (Å²) in [6.45, 7) is 0. The molecule has 0 aliphatic rings. The van der Waals surface area contributed by atoms with Gasteiger partial charge in [0.2, 0.25) is 0 Å². The monoisotopic (exact) mass is 210 g/mol. The molecule has 3 heteroatoms. The molecule has 0 amide bonds. The summed E-state index contributed by atoms with van der Waals surface area (Å²) in [5, 5.41) is 12.0. The average Bonchev–Trinajstić information content (AvgIpc) is 2.42. The Hall–Kier alpha value is -2.47. The van der Waals surface area contributed by atoms with Gasteiger partial charge in [-0.25, -0.2) is 0 Å². The predicted octanol–water partition coefficient (Wildman–Crippen LogP) is 2.95. The van der Waals surface area contributed by atoms with Crippen LogP contribution >= 0.6 is 0 Å². The van der Waals surface area contributed by atoms with Crippen LogP contribution in [0.25, 0.3) is 0 Å². The van der Waals surface area contributed by atoms with E-state index in [9.17, 15) is 4.79 Å². The van der Waals surface area contributed by atoms with Crippen molar-refractivity contribution in [3.63, 3.8) is 0 Å². The van der Waals surface area contributed by atoms with Crippen molar-refractivity contribution in [3.05, 3.63) is 71.8 Å². The van der Waals surface area contributed by atoms with E-state index in [-0.39, 0.29) is 5.78 Å². The highest BCUT2D eigenvalue weighted by Crippen LogP contribution is 2.08. The number of ketones is 1. The molecule has 16 heavy (non-hydrogen) atoms. The minimum Gasteiger partial charge on any atom is -0.289 e. The summed E-state index contributed by atoms with van der Waals surface area (Å²) in [4.78, 5) is 11.8. The van der Waals surface area contributed by atoms with Crippen LogP contribution in [-0.2, 0) is 0 Å². The Morgan fingerprint density at radius 2 is 1.00 bits per heavy atom. The number of rotatable bonds is 2. The Balaban J connectivity index is 0.000000606. The molecule has 0 saturated heterocycles. The van der Waals surface area contributed by atoms with Gasteiger partial charge < -0.3 is 0 Å². The molecular weight excluding hydrogens is 200 g/mol. The molecule has 2 aromatic carbocycles. The highest BCUT2D eigenvalue weighted by molar-refractivity contribution is 6.08. The second-order valence-corrected chi connectivity index (χ2v) is 3.06. The molecule has 0 radical (unpaired) electrons. The second kappa shape index (κ2) is 6.10. The topological polar surface area (TPSA) is 64.7 Å². The standard InChI is InChI=1S/C13H10O.N2/c14-13(11-7-3-1-4-8-11)12-9-5-2-6-10-12;1-2/h1-10H;. The summed E-state index contributed by atoms with van der Waals surface area (Å²) in [5.41, 5.74) is 1.47. The zero-order valence-corrected chi connectivity index (χ0v) is 8.58. The quantitative estimate of drug-likeness (QED) is 0.565. The lowest BCUT2D eigenvalue weighted by Gasteiger charge is -1.99. The zero-order valence-electron chi connectivity index (χ0n) is 8.58. The van der Waals surface area contributed by atoms with E-state index in [0.29, 0.717) is 0 Å². The van der Waals surface area contributed by atoms with E-state index >= 15 is 0 Å². The molecule has 0 fully saturated rings. The minimum atomic E-state index is 0.0752. The van der Waals surface area contributed by atoms with Gasteiger partial charge in [0, 0.05) is 21.9 Å². The van der Waals surface area contributed by atoms with Gasteiger partial charge in [0.15, 0.2) is 5.78 Å². The fraction of sp³-hybridized carbons (Fsp3) is 0. The molecule has 3 nitrogen and oxygen atoms in total. The molecule has 0 unspecified atom stereocenters. The van der Waals surface area contributed by atoms with Gasteiger partial charge in [-0.2, -0.15) is 0 Å². The van der Waals surface area contributed by atoms with Crippen molar-refractivity contribution in [3.8, 4) is 0 Å². The highest BCUT2D eigenvalue weighted by atomic mass is 16.1. The van der Waals surface area contributed by atoms with Crippen LogP contribution in [-0.4, -0.2) is 5.78 Å². The Kier molecular flexibility index (Phi) is 4.42. The van der Waals surface area contributed by atoms with Crippen molar-refractivity contribution in [1.82, 2.24) is 0 Å².